The molecule has 0 radical (unpaired) electrons. The Morgan fingerprint density at radius 1 is 1.14 bits per heavy atom. The Balaban J connectivity index is 1.95. The highest BCUT2D eigenvalue weighted by atomic mass is 79.9. The van der Waals surface area contributed by atoms with Gasteiger partial charge < -0.3 is 4.57 Å². The predicted octanol–water partition coefficient (Wildman–Crippen LogP) is 5.59. The van der Waals surface area contributed by atoms with Gasteiger partial charge in [-0.3, -0.25) is 4.79 Å². The molecule has 0 bridgehead atoms. The van der Waals surface area contributed by atoms with Crippen molar-refractivity contribution in [2.24, 2.45) is 0 Å². The minimum atomic E-state index is -0.0471. The van der Waals surface area contributed by atoms with Gasteiger partial charge in [-0.05, 0) is 36.4 Å². The zero-order chi connectivity index (χ0) is 15.0. The number of hydrogen-bond donors (Lipinski definition) is 0. The SMILES string of the molecule is O=C(Cn1ccc2c(Br)cccc21)c1ccc(Cl)cc1Cl. The third kappa shape index (κ3) is 2.86. The van der Waals surface area contributed by atoms with Gasteiger partial charge in [0.25, 0.3) is 0 Å². The molecule has 21 heavy (non-hydrogen) atoms. The van der Waals surface area contributed by atoms with Crippen LogP contribution in [0.25, 0.3) is 10.9 Å². The molecule has 0 aliphatic rings. The van der Waals surface area contributed by atoms with Gasteiger partial charge in [-0.15, -0.1) is 0 Å². The topological polar surface area (TPSA) is 22.0 Å². The van der Waals surface area contributed by atoms with E-state index >= 15 is 0 Å². The average Bonchev–Trinajstić information content (AvgIpc) is 2.83. The zero-order valence-corrected chi connectivity index (χ0v) is 13.9. The lowest BCUT2D eigenvalue weighted by Crippen LogP contribution is -2.10. The number of hydrogen-bond acceptors (Lipinski definition) is 1. The lowest BCUT2D eigenvalue weighted by Gasteiger charge is -2.07. The van der Waals surface area contributed by atoms with Crippen molar-refractivity contribution in [2.75, 3.05) is 0 Å². The van der Waals surface area contributed by atoms with Gasteiger partial charge >= 0.3 is 0 Å². The summed E-state index contributed by atoms with van der Waals surface area (Å²) in [5.74, 6) is -0.0471. The van der Waals surface area contributed by atoms with Gasteiger partial charge in [0.05, 0.1) is 11.6 Å². The van der Waals surface area contributed by atoms with Crippen LogP contribution >= 0.6 is 39.1 Å². The molecule has 3 aromatic rings. The minimum Gasteiger partial charge on any atom is -0.340 e. The molecule has 106 valence electrons. The Hall–Kier alpha value is -1.29. The quantitative estimate of drug-likeness (QED) is 0.541. The summed E-state index contributed by atoms with van der Waals surface area (Å²) in [7, 11) is 0. The van der Waals surface area contributed by atoms with Crippen LogP contribution in [0.4, 0.5) is 0 Å². The number of nitrogens with zero attached hydrogens (tertiary/aromatic N) is 1. The summed E-state index contributed by atoms with van der Waals surface area (Å²) in [6.07, 6.45) is 1.90. The standard InChI is InChI=1S/C16H10BrCl2NO/c17-13-2-1-3-15-11(13)6-7-20(15)9-16(21)12-5-4-10(18)8-14(12)19/h1-8H,9H2. The average molecular weight is 383 g/mol. The van der Waals surface area contributed by atoms with Crippen LogP contribution in [-0.2, 0) is 6.54 Å². The molecule has 0 fully saturated rings. The number of Topliss-reactive ketones (excluding diaryl/α,β-unsaturated/α-hetero) is 1. The molecule has 3 rings (SSSR count). The normalized spacial score (nSPS) is 11.0. The molecule has 0 amide bonds. The summed E-state index contributed by atoms with van der Waals surface area (Å²) in [6, 6.07) is 12.8. The first-order valence-corrected chi connectivity index (χ1v) is 7.83. The molecular formula is C16H10BrCl2NO. The summed E-state index contributed by atoms with van der Waals surface area (Å²) in [4.78, 5) is 12.4. The van der Waals surface area contributed by atoms with E-state index in [1.807, 2.05) is 35.0 Å². The van der Waals surface area contributed by atoms with Gasteiger partial charge in [0, 0.05) is 32.2 Å². The van der Waals surface area contributed by atoms with Crippen molar-refractivity contribution in [3.63, 3.8) is 0 Å². The van der Waals surface area contributed by atoms with E-state index in [0.717, 1.165) is 15.4 Å². The van der Waals surface area contributed by atoms with Crippen molar-refractivity contribution >= 4 is 55.8 Å². The lowest BCUT2D eigenvalue weighted by atomic mass is 10.1. The third-order valence-electron chi connectivity index (χ3n) is 3.31. The Morgan fingerprint density at radius 2 is 1.95 bits per heavy atom. The highest BCUT2D eigenvalue weighted by molar-refractivity contribution is 9.10. The van der Waals surface area contributed by atoms with Crippen molar-refractivity contribution in [3.05, 3.63) is 68.7 Å². The van der Waals surface area contributed by atoms with E-state index in [4.69, 9.17) is 23.2 Å². The van der Waals surface area contributed by atoms with Crippen LogP contribution in [0.15, 0.2) is 53.1 Å². The Labute approximate surface area is 140 Å². The number of aromatic nitrogens is 1. The van der Waals surface area contributed by atoms with E-state index < -0.39 is 0 Å². The number of rotatable bonds is 3. The first-order chi connectivity index (χ1) is 10.1. The molecule has 1 aromatic heterocycles. The Kier molecular flexibility index (Phi) is 4.07. The van der Waals surface area contributed by atoms with Gasteiger partial charge in [0.1, 0.15) is 0 Å². The van der Waals surface area contributed by atoms with E-state index in [9.17, 15) is 4.79 Å². The number of carbonyl (C=O) groups excluding carboxylic acids is 1. The first-order valence-electron chi connectivity index (χ1n) is 6.28. The monoisotopic (exact) mass is 381 g/mol. The molecule has 0 aliphatic heterocycles. The second kappa shape index (κ2) is 5.84. The van der Waals surface area contributed by atoms with Gasteiger partial charge in [0.15, 0.2) is 5.78 Å². The van der Waals surface area contributed by atoms with Gasteiger partial charge in [-0.2, -0.15) is 0 Å². The Bertz CT molecular complexity index is 841. The van der Waals surface area contributed by atoms with E-state index in [1.54, 1.807) is 18.2 Å². The summed E-state index contributed by atoms with van der Waals surface area (Å²) in [5, 5.41) is 1.98. The number of fused-ring (bicyclic) bond motifs is 1. The Morgan fingerprint density at radius 3 is 2.71 bits per heavy atom. The molecule has 0 aliphatic carbocycles. The minimum absolute atomic E-state index is 0.0471. The molecule has 2 aromatic carbocycles. The summed E-state index contributed by atoms with van der Waals surface area (Å²) in [6.45, 7) is 0.237. The molecule has 0 atom stereocenters. The van der Waals surface area contributed by atoms with Crippen molar-refractivity contribution in [3.8, 4) is 0 Å². The van der Waals surface area contributed by atoms with E-state index in [2.05, 4.69) is 15.9 Å². The fourth-order valence-corrected chi connectivity index (χ4v) is 3.28. The number of halogens is 3. The number of benzene rings is 2. The van der Waals surface area contributed by atoms with Crippen LogP contribution in [-0.4, -0.2) is 10.4 Å². The maximum Gasteiger partial charge on any atom is 0.183 e. The maximum absolute atomic E-state index is 12.4. The third-order valence-corrected chi connectivity index (χ3v) is 4.55. The van der Waals surface area contributed by atoms with Crippen LogP contribution < -0.4 is 0 Å². The van der Waals surface area contributed by atoms with Crippen molar-refractivity contribution in [1.82, 2.24) is 4.57 Å². The summed E-state index contributed by atoms with van der Waals surface area (Å²) < 4.78 is 2.92. The number of ketones is 1. The van der Waals surface area contributed by atoms with Crippen LogP contribution in [0, 0.1) is 0 Å². The van der Waals surface area contributed by atoms with Crippen LogP contribution in [0.1, 0.15) is 10.4 Å². The maximum atomic E-state index is 12.4. The van der Waals surface area contributed by atoms with Crippen LogP contribution in [0.5, 0.6) is 0 Å². The molecule has 0 spiro atoms. The second-order valence-electron chi connectivity index (χ2n) is 4.66. The fraction of sp³-hybridized carbons (Fsp3) is 0.0625. The molecule has 0 N–H and O–H groups in total. The highest BCUT2D eigenvalue weighted by Crippen LogP contribution is 2.26. The van der Waals surface area contributed by atoms with Crippen molar-refractivity contribution in [1.29, 1.82) is 0 Å². The van der Waals surface area contributed by atoms with E-state index in [0.29, 0.717) is 15.6 Å². The fourth-order valence-electron chi connectivity index (χ4n) is 2.28. The van der Waals surface area contributed by atoms with Gasteiger partial charge in [-0.25, -0.2) is 0 Å². The van der Waals surface area contributed by atoms with Gasteiger partial charge in [0.2, 0.25) is 0 Å². The molecule has 1 heterocycles. The van der Waals surface area contributed by atoms with Crippen LogP contribution in [0.2, 0.25) is 10.0 Å². The molecule has 0 saturated heterocycles. The lowest BCUT2D eigenvalue weighted by molar-refractivity contribution is 0.0974. The predicted molar refractivity (Wildman–Crippen MR) is 90.4 cm³/mol. The van der Waals surface area contributed by atoms with Crippen molar-refractivity contribution < 1.29 is 4.79 Å². The van der Waals surface area contributed by atoms with Gasteiger partial charge in [-0.1, -0.05) is 45.2 Å². The summed E-state index contributed by atoms with van der Waals surface area (Å²) in [5.41, 5.74) is 1.49. The summed E-state index contributed by atoms with van der Waals surface area (Å²) >= 11 is 15.4. The van der Waals surface area contributed by atoms with E-state index in [-0.39, 0.29) is 12.3 Å². The largest absolute Gasteiger partial charge is 0.340 e. The van der Waals surface area contributed by atoms with Crippen LogP contribution in [0.3, 0.4) is 0 Å². The molecule has 0 saturated carbocycles. The smallest absolute Gasteiger partial charge is 0.183 e. The molecule has 2 nitrogen and oxygen atoms in total. The highest BCUT2D eigenvalue weighted by Gasteiger charge is 2.13. The zero-order valence-electron chi connectivity index (χ0n) is 10.8. The first kappa shape index (κ1) is 14.6. The van der Waals surface area contributed by atoms with E-state index in [1.165, 1.54) is 0 Å². The molecule has 5 heteroatoms. The molecule has 0 unspecified atom stereocenters. The number of carbonyl (C=O) groups is 1. The second-order valence-corrected chi connectivity index (χ2v) is 6.36. The van der Waals surface area contributed by atoms with Crippen molar-refractivity contribution in [2.45, 2.75) is 6.54 Å². The molecular weight excluding hydrogens is 373 g/mol.